The van der Waals surface area contributed by atoms with Crippen molar-refractivity contribution in [2.24, 2.45) is 10.3 Å². The minimum absolute atomic E-state index is 0.751. The molecular formula is C15H15ClN4S. The molecule has 3 rings (SSSR count). The second-order valence-electron chi connectivity index (χ2n) is 4.93. The Labute approximate surface area is 133 Å². The summed E-state index contributed by atoms with van der Waals surface area (Å²) in [4.78, 5) is 4.45. The molecule has 4 nitrogen and oxygen atoms in total. The molecule has 1 aliphatic rings. The second kappa shape index (κ2) is 5.58. The van der Waals surface area contributed by atoms with Gasteiger partial charge in [-0.1, -0.05) is 34.7 Å². The van der Waals surface area contributed by atoms with E-state index in [1.54, 1.807) is 16.8 Å². The fourth-order valence-electron chi connectivity index (χ4n) is 2.23. The fourth-order valence-corrected chi connectivity index (χ4v) is 3.69. The molecule has 21 heavy (non-hydrogen) atoms. The number of benzene rings is 2. The molecule has 0 atom stereocenters. The van der Waals surface area contributed by atoms with Gasteiger partial charge in [0.15, 0.2) is 0 Å². The molecule has 0 aromatic heterocycles. The molecule has 0 spiro atoms. The predicted octanol–water partition coefficient (Wildman–Crippen LogP) is 5.13. The smallest absolute Gasteiger partial charge is 0.112 e. The summed E-state index contributed by atoms with van der Waals surface area (Å²) in [6.07, 6.45) is 0. The van der Waals surface area contributed by atoms with Crippen molar-refractivity contribution in [1.82, 2.24) is 5.01 Å². The van der Waals surface area contributed by atoms with Crippen molar-refractivity contribution < 1.29 is 0 Å². The van der Waals surface area contributed by atoms with E-state index < -0.39 is 0 Å². The molecule has 0 unspecified atom stereocenters. The molecule has 0 aliphatic carbocycles. The van der Waals surface area contributed by atoms with Gasteiger partial charge in [0, 0.05) is 36.0 Å². The van der Waals surface area contributed by atoms with Crippen molar-refractivity contribution in [2.45, 2.75) is 9.79 Å². The Morgan fingerprint density at radius 1 is 1.14 bits per heavy atom. The molecule has 0 radical (unpaired) electrons. The van der Waals surface area contributed by atoms with Gasteiger partial charge in [-0.2, -0.15) is 0 Å². The van der Waals surface area contributed by atoms with E-state index in [2.05, 4.69) is 21.3 Å². The molecular weight excluding hydrogens is 304 g/mol. The van der Waals surface area contributed by atoms with E-state index in [9.17, 15) is 0 Å². The molecule has 108 valence electrons. The summed E-state index contributed by atoms with van der Waals surface area (Å²) in [7, 11) is 5.75. The van der Waals surface area contributed by atoms with Crippen LogP contribution >= 0.6 is 23.4 Å². The quantitative estimate of drug-likeness (QED) is 0.568. The minimum Gasteiger partial charge on any atom is -0.341 e. The number of anilines is 2. The Balaban J connectivity index is 2.09. The van der Waals surface area contributed by atoms with Crippen LogP contribution in [0.15, 0.2) is 56.5 Å². The molecule has 0 N–H and O–H groups in total. The van der Waals surface area contributed by atoms with Crippen LogP contribution in [0.25, 0.3) is 0 Å². The van der Waals surface area contributed by atoms with Crippen molar-refractivity contribution in [3.63, 3.8) is 0 Å². The monoisotopic (exact) mass is 318 g/mol. The number of hydrogen-bond acceptors (Lipinski definition) is 4. The number of nitrogens with zero attached hydrogens (tertiary/aromatic N) is 4. The van der Waals surface area contributed by atoms with Crippen LogP contribution in [0.2, 0.25) is 5.02 Å². The highest BCUT2D eigenvalue weighted by Gasteiger charge is 2.23. The van der Waals surface area contributed by atoms with Gasteiger partial charge in [0.05, 0.1) is 11.4 Å². The lowest BCUT2D eigenvalue weighted by Crippen LogP contribution is -2.14. The maximum Gasteiger partial charge on any atom is 0.112 e. The number of rotatable bonds is 2. The molecule has 2 aromatic rings. The van der Waals surface area contributed by atoms with Crippen LogP contribution in [-0.4, -0.2) is 26.2 Å². The molecule has 0 bridgehead atoms. The van der Waals surface area contributed by atoms with E-state index in [1.165, 1.54) is 0 Å². The van der Waals surface area contributed by atoms with Crippen LogP contribution in [0.3, 0.4) is 0 Å². The Bertz CT molecular complexity index is 715. The third-order valence-electron chi connectivity index (χ3n) is 3.15. The first-order valence-corrected chi connectivity index (χ1v) is 7.69. The summed E-state index contributed by atoms with van der Waals surface area (Å²) in [5.74, 6) is 0. The molecule has 0 saturated heterocycles. The average molecular weight is 319 g/mol. The van der Waals surface area contributed by atoms with E-state index in [4.69, 9.17) is 11.6 Å². The molecule has 1 heterocycles. The summed E-state index contributed by atoms with van der Waals surface area (Å²) >= 11 is 7.80. The highest BCUT2D eigenvalue weighted by atomic mass is 35.5. The van der Waals surface area contributed by atoms with Crippen LogP contribution in [-0.2, 0) is 0 Å². The zero-order chi connectivity index (χ0) is 15.0. The maximum absolute atomic E-state index is 6.10. The average Bonchev–Trinajstić information content (AvgIpc) is 2.44. The van der Waals surface area contributed by atoms with Gasteiger partial charge in [-0.25, -0.2) is 0 Å². The number of fused-ring (bicyclic) bond motifs is 2. The summed E-state index contributed by atoms with van der Waals surface area (Å²) in [6, 6.07) is 12.0. The summed E-state index contributed by atoms with van der Waals surface area (Å²) < 4.78 is 0. The summed E-state index contributed by atoms with van der Waals surface area (Å²) in [5, 5.41) is 10.9. The van der Waals surface area contributed by atoms with Crippen molar-refractivity contribution in [1.29, 1.82) is 0 Å². The largest absolute Gasteiger partial charge is 0.341 e. The molecule has 1 aliphatic heterocycles. The Morgan fingerprint density at radius 2 is 1.95 bits per heavy atom. The van der Waals surface area contributed by atoms with Gasteiger partial charge >= 0.3 is 0 Å². The van der Waals surface area contributed by atoms with Gasteiger partial charge in [-0.05, 0) is 30.3 Å². The fraction of sp³-hybridized carbons (Fsp3) is 0.200. The highest BCUT2D eigenvalue weighted by Crippen LogP contribution is 2.51. The molecule has 6 heteroatoms. The Kier molecular flexibility index (Phi) is 3.78. The lowest BCUT2D eigenvalue weighted by Gasteiger charge is -2.30. The van der Waals surface area contributed by atoms with Gasteiger partial charge in [-0.3, -0.25) is 5.01 Å². The second-order valence-corrected chi connectivity index (χ2v) is 6.45. The van der Waals surface area contributed by atoms with Gasteiger partial charge in [0.1, 0.15) is 5.69 Å². The number of hydrogen-bond donors (Lipinski definition) is 0. The lowest BCUT2D eigenvalue weighted by atomic mass is 10.2. The van der Waals surface area contributed by atoms with Crippen LogP contribution in [0.5, 0.6) is 0 Å². The summed E-state index contributed by atoms with van der Waals surface area (Å²) in [5.41, 5.74) is 3.06. The first-order valence-electron chi connectivity index (χ1n) is 6.49. The SMILES string of the molecule is CN(C)N=Nc1cccc2c1N(C)c1ccc(Cl)cc1S2. The van der Waals surface area contributed by atoms with E-state index in [-0.39, 0.29) is 0 Å². The van der Waals surface area contributed by atoms with Crippen LogP contribution in [0.1, 0.15) is 0 Å². The topological polar surface area (TPSA) is 31.2 Å². The lowest BCUT2D eigenvalue weighted by molar-refractivity contribution is 0.408. The Hall–Kier alpha value is -1.72. The third kappa shape index (κ3) is 2.71. The minimum atomic E-state index is 0.751. The Morgan fingerprint density at radius 3 is 2.71 bits per heavy atom. The van der Waals surface area contributed by atoms with Gasteiger partial charge in [0.2, 0.25) is 0 Å². The van der Waals surface area contributed by atoms with Crippen LogP contribution in [0.4, 0.5) is 17.1 Å². The van der Waals surface area contributed by atoms with Gasteiger partial charge in [0.25, 0.3) is 0 Å². The number of halogens is 1. The van der Waals surface area contributed by atoms with E-state index >= 15 is 0 Å². The van der Waals surface area contributed by atoms with Crippen LogP contribution in [0, 0.1) is 0 Å². The third-order valence-corrected chi connectivity index (χ3v) is 4.48. The van der Waals surface area contributed by atoms with Gasteiger partial charge in [-0.15, -0.1) is 5.11 Å². The van der Waals surface area contributed by atoms with Crippen molar-refractivity contribution in [3.05, 3.63) is 41.4 Å². The highest BCUT2D eigenvalue weighted by molar-refractivity contribution is 7.99. The van der Waals surface area contributed by atoms with Crippen molar-refractivity contribution in [2.75, 3.05) is 26.0 Å². The van der Waals surface area contributed by atoms with Crippen molar-refractivity contribution in [3.8, 4) is 0 Å². The predicted molar refractivity (Wildman–Crippen MR) is 88.3 cm³/mol. The molecule has 2 aromatic carbocycles. The van der Waals surface area contributed by atoms with E-state index in [1.807, 2.05) is 51.5 Å². The van der Waals surface area contributed by atoms with E-state index in [0.717, 1.165) is 31.9 Å². The standard InChI is InChI=1S/C15H15ClN4S/c1-19(2)18-17-11-5-4-6-13-15(11)20(3)12-8-7-10(16)9-14(12)21-13/h4-9H,1-3H3. The van der Waals surface area contributed by atoms with E-state index in [0.29, 0.717) is 0 Å². The normalized spacial score (nSPS) is 13.2. The van der Waals surface area contributed by atoms with Crippen LogP contribution < -0.4 is 4.90 Å². The first kappa shape index (κ1) is 14.2. The molecule has 0 amide bonds. The number of para-hydroxylation sites is 1. The zero-order valence-corrected chi connectivity index (χ0v) is 13.6. The zero-order valence-electron chi connectivity index (χ0n) is 12.0. The molecule has 0 fully saturated rings. The maximum atomic E-state index is 6.10. The van der Waals surface area contributed by atoms with Crippen molar-refractivity contribution >= 4 is 40.4 Å². The first-order chi connectivity index (χ1) is 10.1. The molecule has 0 saturated carbocycles. The summed E-state index contributed by atoms with van der Waals surface area (Å²) in [6.45, 7) is 0. The van der Waals surface area contributed by atoms with Gasteiger partial charge < -0.3 is 4.90 Å².